The number of ether oxygens (including phenoxy) is 1. The van der Waals surface area contributed by atoms with Crippen LogP contribution < -0.4 is 10.1 Å². The lowest BCUT2D eigenvalue weighted by Crippen LogP contribution is -2.04. The van der Waals surface area contributed by atoms with Crippen LogP contribution in [-0.4, -0.2) is 22.0 Å². The molecular weight excluding hydrogens is 364 g/mol. The standard InChI is InChI=1S/C12H10BrClN4O3/c1-6-10(18(19)20)11(17-12(14)15-6)16-8-3-7(13)4-9(5-8)21-2/h3-5H,1-2H3,(H,15,16,17). The first kappa shape index (κ1) is 15.5. The Morgan fingerprint density at radius 1 is 1.38 bits per heavy atom. The van der Waals surface area contributed by atoms with E-state index in [1.807, 2.05) is 0 Å². The Hall–Kier alpha value is -1.93. The van der Waals surface area contributed by atoms with Crippen molar-refractivity contribution in [2.45, 2.75) is 6.92 Å². The van der Waals surface area contributed by atoms with Crippen LogP contribution in [0.4, 0.5) is 17.2 Å². The minimum Gasteiger partial charge on any atom is -0.497 e. The number of aromatic nitrogens is 2. The Bertz CT molecular complexity index is 711. The van der Waals surface area contributed by atoms with Gasteiger partial charge in [0.15, 0.2) is 0 Å². The maximum atomic E-state index is 11.1. The van der Waals surface area contributed by atoms with Crippen molar-refractivity contribution in [3.8, 4) is 5.75 Å². The number of methoxy groups -OCH3 is 1. The van der Waals surface area contributed by atoms with E-state index in [0.29, 0.717) is 11.4 Å². The molecule has 1 aromatic carbocycles. The molecule has 0 radical (unpaired) electrons. The molecule has 1 aromatic heterocycles. The number of nitrogens with one attached hydrogen (secondary N) is 1. The molecule has 0 unspecified atom stereocenters. The van der Waals surface area contributed by atoms with Crippen LogP contribution in [0.25, 0.3) is 0 Å². The van der Waals surface area contributed by atoms with Crippen LogP contribution >= 0.6 is 27.5 Å². The molecule has 9 heteroatoms. The van der Waals surface area contributed by atoms with Gasteiger partial charge in [0.05, 0.1) is 12.0 Å². The zero-order valence-electron chi connectivity index (χ0n) is 11.1. The molecule has 0 amide bonds. The van der Waals surface area contributed by atoms with Crippen LogP contribution in [0.2, 0.25) is 5.28 Å². The van der Waals surface area contributed by atoms with Crippen LogP contribution in [0.1, 0.15) is 5.69 Å². The predicted octanol–water partition coefficient (Wildman–Crippen LogP) is 3.86. The Morgan fingerprint density at radius 2 is 2.10 bits per heavy atom. The number of nitro groups is 1. The number of halogens is 2. The second-order valence-corrected chi connectivity index (χ2v) is 5.29. The van der Waals surface area contributed by atoms with Crippen LogP contribution in [0, 0.1) is 17.0 Å². The van der Waals surface area contributed by atoms with Gasteiger partial charge >= 0.3 is 5.69 Å². The Morgan fingerprint density at radius 3 is 2.71 bits per heavy atom. The topological polar surface area (TPSA) is 90.2 Å². The summed E-state index contributed by atoms with van der Waals surface area (Å²) in [6.07, 6.45) is 0. The minimum absolute atomic E-state index is 0.0256. The minimum atomic E-state index is -0.552. The van der Waals surface area contributed by atoms with Gasteiger partial charge < -0.3 is 10.1 Å². The second-order valence-electron chi connectivity index (χ2n) is 4.04. The molecule has 0 aliphatic rings. The zero-order chi connectivity index (χ0) is 15.6. The monoisotopic (exact) mass is 372 g/mol. The number of hydrogen-bond donors (Lipinski definition) is 1. The summed E-state index contributed by atoms with van der Waals surface area (Å²) in [5.74, 6) is 0.615. The van der Waals surface area contributed by atoms with E-state index in [1.54, 1.807) is 18.2 Å². The highest BCUT2D eigenvalue weighted by molar-refractivity contribution is 9.10. The fraction of sp³-hybridized carbons (Fsp3) is 0.167. The molecule has 0 aliphatic heterocycles. The first-order chi connectivity index (χ1) is 9.90. The number of rotatable bonds is 4. The van der Waals surface area contributed by atoms with E-state index in [-0.39, 0.29) is 22.5 Å². The predicted molar refractivity (Wildman–Crippen MR) is 82.4 cm³/mol. The summed E-state index contributed by atoms with van der Waals surface area (Å²) in [6, 6.07) is 5.18. The number of hydrogen-bond acceptors (Lipinski definition) is 6. The summed E-state index contributed by atoms with van der Waals surface area (Å²) in [5.41, 5.74) is 0.529. The summed E-state index contributed by atoms with van der Waals surface area (Å²) in [6.45, 7) is 1.50. The summed E-state index contributed by atoms with van der Waals surface area (Å²) < 4.78 is 5.89. The van der Waals surface area contributed by atoms with E-state index in [1.165, 1.54) is 14.0 Å². The molecule has 1 N–H and O–H groups in total. The summed E-state index contributed by atoms with van der Waals surface area (Å²) in [4.78, 5) is 18.3. The molecule has 21 heavy (non-hydrogen) atoms. The quantitative estimate of drug-likeness (QED) is 0.497. The molecule has 0 saturated carbocycles. The van der Waals surface area contributed by atoms with E-state index in [4.69, 9.17) is 16.3 Å². The van der Waals surface area contributed by atoms with Crippen LogP contribution in [0.15, 0.2) is 22.7 Å². The Balaban J connectivity index is 2.48. The van der Waals surface area contributed by atoms with Gasteiger partial charge in [-0.1, -0.05) is 15.9 Å². The molecule has 0 saturated heterocycles. The molecule has 0 spiro atoms. The normalized spacial score (nSPS) is 10.3. The van der Waals surface area contributed by atoms with Crippen molar-refractivity contribution in [3.05, 3.63) is 43.8 Å². The maximum absolute atomic E-state index is 11.1. The summed E-state index contributed by atoms with van der Waals surface area (Å²) in [7, 11) is 1.53. The highest BCUT2D eigenvalue weighted by Gasteiger charge is 2.22. The van der Waals surface area contributed by atoms with Crippen molar-refractivity contribution < 1.29 is 9.66 Å². The van der Waals surface area contributed by atoms with Gasteiger partial charge in [-0.15, -0.1) is 0 Å². The smallest absolute Gasteiger partial charge is 0.332 e. The molecule has 0 atom stereocenters. The lowest BCUT2D eigenvalue weighted by Gasteiger charge is -2.10. The molecule has 2 aromatic rings. The van der Waals surface area contributed by atoms with Gasteiger partial charge in [-0.25, -0.2) is 4.98 Å². The number of aryl methyl sites for hydroxylation is 1. The van der Waals surface area contributed by atoms with Gasteiger partial charge in [-0.3, -0.25) is 10.1 Å². The van der Waals surface area contributed by atoms with E-state index in [9.17, 15) is 10.1 Å². The third-order valence-corrected chi connectivity index (χ3v) is 3.21. The van der Waals surface area contributed by atoms with E-state index < -0.39 is 4.92 Å². The van der Waals surface area contributed by atoms with E-state index >= 15 is 0 Å². The number of nitrogens with zero attached hydrogens (tertiary/aromatic N) is 3. The molecule has 7 nitrogen and oxygen atoms in total. The average Bonchev–Trinajstić information content (AvgIpc) is 2.36. The molecule has 2 rings (SSSR count). The maximum Gasteiger partial charge on any atom is 0.332 e. The fourth-order valence-electron chi connectivity index (χ4n) is 1.73. The highest BCUT2D eigenvalue weighted by atomic mass is 79.9. The molecular formula is C12H10BrClN4O3. The van der Waals surface area contributed by atoms with Crippen LogP contribution in [0.3, 0.4) is 0 Å². The Labute approximate surface area is 133 Å². The van der Waals surface area contributed by atoms with Gasteiger partial charge in [-0.05, 0) is 30.7 Å². The largest absolute Gasteiger partial charge is 0.497 e. The number of benzene rings is 1. The van der Waals surface area contributed by atoms with Crippen molar-refractivity contribution in [2.75, 3.05) is 12.4 Å². The molecule has 1 heterocycles. The van der Waals surface area contributed by atoms with E-state index in [2.05, 4.69) is 31.2 Å². The second kappa shape index (κ2) is 6.23. The third kappa shape index (κ3) is 3.59. The van der Waals surface area contributed by atoms with Crippen LogP contribution in [-0.2, 0) is 0 Å². The SMILES string of the molecule is COc1cc(Br)cc(Nc2nc(Cl)nc(C)c2[N+](=O)[O-])c1. The summed E-state index contributed by atoms with van der Waals surface area (Å²) >= 11 is 9.09. The Kier molecular flexibility index (Phi) is 4.59. The van der Waals surface area contributed by atoms with Gasteiger partial charge in [0.1, 0.15) is 11.4 Å². The van der Waals surface area contributed by atoms with Gasteiger partial charge in [0.25, 0.3) is 0 Å². The molecule has 110 valence electrons. The zero-order valence-corrected chi connectivity index (χ0v) is 13.4. The van der Waals surface area contributed by atoms with Crippen molar-refractivity contribution in [1.29, 1.82) is 0 Å². The van der Waals surface area contributed by atoms with Crippen molar-refractivity contribution in [1.82, 2.24) is 9.97 Å². The van der Waals surface area contributed by atoms with Gasteiger partial charge in [0, 0.05) is 16.2 Å². The summed E-state index contributed by atoms with van der Waals surface area (Å²) in [5, 5.41) is 13.9. The third-order valence-electron chi connectivity index (χ3n) is 2.58. The molecule has 0 aliphatic carbocycles. The first-order valence-electron chi connectivity index (χ1n) is 5.71. The first-order valence-corrected chi connectivity index (χ1v) is 6.88. The van der Waals surface area contributed by atoms with Crippen molar-refractivity contribution in [3.63, 3.8) is 0 Å². The molecule has 0 bridgehead atoms. The lowest BCUT2D eigenvalue weighted by atomic mass is 10.3. The van der Waals surface area contributed by atoms with Gasteiger partial charge in [-0.2, -0.15) is 4.98 Å². The molecule has 0 fully saturated rings. The van der Waals surface area contributed by atoms with Crippen molar-refractivity contribution >= 4 is 44.7 Å². The average molecular weight is 374 g/mol. The fourth-order valence-corrected chi connectivity index (χ4v) is 2.41. The highest BCUT2D eigenvalue weighted by Crippen LogP contribution is 2.32. The number of anilines is 2. The van der Waals surface area contributed by atoms with E-state index in [0.717, 1.165) is 4.47 Å². The van der Waals surface area contributed by atoms with Crippen molar-refractivity contribution in [2.24, 2.45) is 0 Å². The van der Waals surface area contributed by atoms with Crippen LogP contribution in [0.5, 0.6) is 5.75 Å². The van der Waals surface area contributed by atoms with Gasteiger partial charge in [0.2, 0.25) is 11.1 Å². The lowest BCUT2D eigenvalue weighted by molar-refractivity contribution is -0.385.